The standard InChI is InChI=1S/C34H37NO6/c1-5-41-34(39)28(15-20(2)3)32(36)24-16-23-17-25(40-4)12-14-26(23)31-30(21-9-7-6-8-10-21)27-13-11-22(33(37)38)18-29(27)35(31)19-24/h11-18,20-21H,5-10,19H2,1-4H3,(H,37,38)/b28-15-. The number of fused-ring (bicyclic) bond motifs is 5. The normalized spacial score (nSPS) is 15.6. The average Bonchev–Trinajstić information content (AvgIpc) is 3.18. The Morgan fingerprint density at radius 1 is 1.07 bits per heavy atom. The van der Waals surface area contributed by atoms with Crippen LogP contribution >= 0.6 is 0 Å². The lowest BCUT2D eigenvalue weighted by molar-refractivity contribution is -0.139. The summed E-state index contributed by atoms with van der Waals surface area (Å²) in [5.74, 6) is -1.11. The van der Waals surface area contributed by atoms with E-state index < -0.39 is 17.7 Å². The van der Waals surface area contributed by atoms with E-state index >= 15 is 0 Å². The highest BCUT2D eigenvalue weighted by atomic mass is 16.5. The number of methoxy groups -OCH3 is 1. The molecule has 3 aromatic rings. The first-order chi connectivity index (χ1) is 19.7. The van der Waals surface area contributed by atoms with Crippen molar-refractivity contribution in [2.45, 2.75) is 65.3 Å². The van der Waals surface area contributed by atoms with E-state index in [1.54, 1.807) is 32.2 Å². The van der Waals surface area contributed by atoms with Gasteiger partial charge in [0.1, 0.15) is 11.3 Å². The summed E-state index contributed by atoms with van der Waals surface area (Å²) in [4.78, 5) is 39.1. The molecule has 1 N–H and O–H groups in total. The first-order valence-electron chi connectivity index (χ1n) is 14.5. The second-order valence-corrected chi connectivity index (χ2v) is 11.2. The number of benzene rings is 2. The highest BCUT2D eigenvalue weighted by molar-refractivity contribution is 6.25. The third-order valence-electron chi connectivity index (χ3n) is 8.07. The molecule has 0 atom stereocenters. The van der Waals surface area contributed by atoms with Gasteiger partial charge in [-0.2, -0.15) is 0 Å². The number of ketones is 1. The third kappa shape index (κ3) is 5.45. The van der Waals surface area contributed by atoms with Crippen LogP contribution < -0.4 is 4.74 Å². The topological polar surface area (TPSA) is 94.8 Å². The Morgan fingerprint density at radius 2 is 1.83 bits per heavy atom. The number of ether oxygens (including phenoxy) is 2. The molecule has 1 saturated carbocycles. The lowest BCUT2D eigenvalue weighted by Crippen LogP contribution is -2.20. The Bertz CT molecular complexity index is 1580. The molecule has 2 aromatic carbocycles. The summed E-state index contributed by atoms with van der Waals surface area (Å²) in [6.07, 6.45) is 9.11. The van der Waals surface area contributed by atoms with Crippen molar-refractivity contribution >= 4 is 34.7 Å². The number of aromatic nitrogens is 1. The fraction of sp³-hybridized carbons (Fsp3) is 0.382. The molecule has 2 heterocycles. The zero-order chi connectivity index (χ0) is 29.3. The minimum atomic E-state index is -1.00. The lowest BCUT2D eigenvalue weighted by atomic mass is 9.81. The van der Waals surface area contributed by atoms with Crippen LogP contribution in [0.1, 0.15) is 80.3 Å². The van der Waals surface area contributed by atoms with Crippen LogP contribution in [-0.2, 0) is 20.9 Å². The van der Waals surface area contributed by atoms with Gasteiger partial charge in [-0.3, -0.25) is 4.79 Å². The number of carbonyl (C=O) groups excluding carboxylic acids is 2. The molecular weight excluding hydrogens is 518 g/mol. The van der Waals surface area contributed by atoms with E-state index in [2.05, 4.69) is 4.57 Å². The van der Waals surface area contributed by atoms with Crippen molar-refractivity contribution in [3.05, 3.63) is 70.3 Å². The number of carbonyl (C=O) groups is 3. The van der Waals surface area contributed by atoms with Crippen molar-refractivity contribution in [3.63, 3.8) is 0 Å². The molecule has 2 aliphatic rings. The number of aromatic carboxylic acids is 1. The van der Waals surface area contributed by atoms with E-state index in [9.17, 15) is 19.5 Å². The van der Waals surface area contributed by atoms with E-state index in [0.29, 0.717) is 17.2 Å². The number of rotatable bonds is 8. The highest BCUT2D eigenvalue weighted by Gasteiger charge is 2.32. The molecular formula is C34H37NO6. The van der Waals surface area contributed by atoms with Gasteiger partial charge in [-0.15, -0.1) is 0 Å². The average molecular weight is 556 g/mol. The fourth-order valence-electron chi connectivity index (χ4n) is 6.26. The predicted octanol–water partition coefficient (Wildman–Crippen LogP) is 7.17. The van der Waals surface area contributed by atoms with E-state index in [0.717, 1.165) is 53.4 Å². The number of allylic oxidation sites excluding steroid dienone is 2. The number of Topliss-reactive ketones (excluding diaryl/α,β-unsaturated/α-hetero) is 1. The fourth-order valence-corrected chi connectivity index (χ4v) is 6.26. The van der Waals surface area contributed by atoms with Gasteiger partial charge in [0, 0.05) is 22.0 Å². The molecule has 7 nitrogen and oxygen atoms in total. The summed E-state index contributed by atoms with van der Waals surface area (Å²) in [5, 5.41) is 10.8. The minimum Gasteiger partial charge on any atom is -0.497 e. The molecule has 1 aromatic heterocycles. The van der Waals surface area contributed by atoms with Gasteiger partial charge in [0.15, 0.2) is 5.78 Å². The zero-order valence-electron chi connectivity index (χ0n) is 24.2. The maximum Gasteiger partial charge on any atom is 0.341 e. The second kappa shape index (κ2) is 11.8. The Labute approximate surface area is 240 Å². The van der Waals surface area contributed by atoms with Crippen molar-refractivity contribution in [3.8, 4) is 17.0 Å². The van der Waals surface area contributed by atoms with Crippen LogP contribution in [0.4, 0.5) is 0 Å². The van der Waals surface area contributed by atoms with Crippen molar-refractivity contribution in [1.82, 2.24) is 4.57 Å². The van der Waals surface area contributed by atoms with Gasteiger partial charge in [-0.1, -0.05) is 45.3 Å². The van der Waals surface area contributed by atoms with E-state index in [1.165, 1.54) is 12.0 Å². The smallest absolute Gasteiger partial charge is 0.341 e. The number of nitrogens with zero attached hydrogens (tertiary/aromatic N) is 1. The predicted molar refractivity (Wildman–Crippen MR) is 159 cm³/mol. The van der Waals surface area contributed by atoms with Crippen LogP contribution in [0.25, 0.3) is 28.2 Å². The zero-order valence-corrected chi connectivity index (χ0v) is 24.2. The molecule has 5 rings (SSSR count). The monoisotopic (exact) mass is 555 g/mol. The minimum absolute atomic E-state index is 0.0104. The van der Waals surface area contributed by atoms with Crippen molar-refractivity contribution in [2.24, 2.45) is 5.92 Å². The van der Waals surface area contributed by atoms with Crippen molar-refractivity contribution < 1.29 is 29.0 Å². The largest absolute Gasteiger partial charge is 0.497 e. The van der Waals surface area contributed by atoms with Gasteiger partial charge in [0.25, 0.3) is 0 Å². The number of hydrogen-bond donors (Lipinski definition) is 1. The lowest BCUT2D eigenvalue weighted by Gasteiger charge is -2.24. The van der Waals surface area contributed by atoms with Gasteiger partial charge in [0.2, 0.25) is 0 Å². The highest BCUT2D eigenvalue weighted by Crippen LogP contribution is 2.47. The van der Waals surface area contributed by atoms with Crippen LogP contribution in [0.5, 0.6) is 5.75 Å². The van der Waals surface area contributed by atoms with Crippen LogP contribution in [-0.4, -0.2) is 41.1 Å². The van der Waals surface area contributed by atoms with E-state index in [-0.39, 0.29) is 30.2 Å². The summed E-state index contributed by atoms with van der Waals surface area (Å²) in [6, 6.07) is 11.1. The Balaban J connectivity index is 1.80. The van der Waals surface area contributed by atoms with Gasteiger partial charge in [-0.25, -0.2) is 9.59 Å². The van der Waals surface area contributed by atoms with Gasteiger partial charge in [-0.05, 0) is 79.1 Å². The van der Waals surface area contributed by atoms with Gasteiger partial charge >= 0.3 is 11.9 Å². The molecule has 0 radical (unpaired) electrons. The summed E-state index contributed by atoms with van der Waals surface area (Å²) >= 11 is 0. The molecule has 0 unspecified atom stereocenters. The number of esters is 1. The number of hydrogen-bond acceptors (Lipinski definition) is 5. The second-order valence-electron chi connectivity index (χ2n) is 11.2. The third-order valence-corrected chi connectivity index (χ3v) is 8.07. The summed E-state index contributed by atoms with van der Waals surface area (Å²) in [7, 11) is 1.61. The van der Waals surface area contributed by atoms with Crippen molar-refractivity contribution in [2.75, 3.05) is 13.7 Å². The molecule has 1 fully saturated rings. The van der Waals surface area contributed by atoms with Crippen LogP contribution in [0.2, 0.25) is 0 Å². The molecule has 7 heteroatoms. The first-order valence-corrected chi connectivity index (χ1v) is 14.5. The van der Waals surface area contributed by atoms with Crippen LogP contribution in [0.3, 0.4) is 0 Å². The Morgan fingerprint density at radius 3 is 2.49 bits per heavy atom. The van der Waals surface area contributed by atoms with Gasteiger partial charge in [0.05, 0.1) is 31.5 Å². The summed E-state index contributed by atoms with van der Waals surface area (Å²) < 4.78 is 12.9. The molecule has 0 spiro atoms. The molecule has 214 valence electrons. The Hall–Kier alpha value is -4.13. The quantitative estimate of drug-likeness (QED) is 0.137. The first kappa shape index (κ1) is 28.4. The molecule has 0 bridgehead atoms. The van der Waals surface area contributed by atoms with Crippen LogP contribution in [0, 0.1) is 5.92 Å². The molecule has 1 aliphatic carbocycles. The SMILES string of the molecule is CCOC(=O)/C(=C\C(C)C)C(=O)C1=Cc2cc(OC)ccc2-c2c(C3CCCCC3)c3ccc(C(=O)O)cc3n2C1. The van der Waals surface area contributed by atoms with Gasteiger partial charge < -0.3 is 19.1 Å². The van der Waals surface area contributed by atoms with Crippen molar-refractivity contribution in [1.29, 1.82) is 0 Å². The Kier molecular flexibility index (Phi) is 8.15. The number of carboxylic acids is 1. The number of carboxylic acid groups (broad SMARTS) is 1. The molecule has 0 amide bonds. The van der Waals surface area contributed by atoms with E-state index in [1.807, 2.05) is 44.2 Å². The maximum atomic E-state index is 14.1. The molecule has 1 aliphatic heterocycles. The van der Waals surface area contributed by atoms with Crippen LogP contribution in [0.15, 0.2) is 53.6 Å². The molecule has 41 heavy (non-hydrogen) atoms. The summed E-state index contributed by atoms with van der Waals surface area (Å²) in [6.45, 7) is 5.89. The van der Waals surface area contributed by atoms with E-state index in [4.69, 9.17) is 9.47 Å². The summed E-state index contributed by atoms with van der Waals surface area (Å²) in [5.41, 5.74) is 5.36. The maximum absolute atomic E-state index is 14.1. The molecule has 0 saturated heterocycles.